The summed E-state index contributed by atoms with van der Waals surface area (Å²) in [5, 5.41) is 27.9. The highest BCUT2D eigenvalue weighted by atomic mass is 19.4. The van der Waals surface area contributed by atoms with Crippen molar-refractivity contribution < 1.29 is 35.5 Å². The predicted octanol–water partition coefficient (Wildman–Crippen LogP) is 4.66. The summed E-state index contributed by atoms with van der Waals surface area (Å²) in [5.74, 6) is -3.11. The highest BCUT2D eigenvalue weighted by Gasteiger charge is 2.32. The highest BCUT2D eigenvalue weighted by Crippen LogP contribution is 2.30. The van der Waals surface area contributed by atoms with Gasteiger partial charge in [0.25, 0.3) is 0 Å². The molecule has 0 aliphatic rings. The molecule has 0 aliphatic heterocycles. The van der Waals surface area contributed by atoms with Gasteiger partial charge in [0.05, 0.1) is 5.57 Å². The zero-order valence-corrected chi connectivity index (χ0v) is 19.8. The van der Waals surface area contributed by atoms with E-state index >= 15 is 0 Å². The number of aromatic nitrogens is 2. The van der Waals surface area contributed by atoms with E-state index in [1.54, 1.807) is 12.1 Å². The molecule has 0 unspecified atom stereocenters. The first-order valence-corrected chi connectivity index (χ1v) is 10.7. The lowest BCUT2D eigenvalue weighted by molar-refractivity contribution is -0.275. The maximum absolute atomic E-state index is 14.6. The SMILES string of the molecule is C/C(C#N)=c1\nc(-c2ccc(C)c(F)c2)/c(=c2\oc(=C(C#N)C#N)nc2-c2ccc(OC(F)(F)F)c(F)c2)o1. The quantitative estimate of drug-likeness (QED) is 0.345. The molecule has 0 fully saturated rings. The highest BCUT2D eigenvalue weighted by molar-refractivity contribution is 5.71. The third kappa shape index (κ3) is 5.31. The van der Waals surface area contributed by atoms with Crippen molar-refractivity contribution >= 4 is 11.1 Å². The molecule has 8 nitrogen and oxygen atoms in total. The molecule has 0 N–H and O–H groups in total. The topological polar surface area (TPSA) is 133 Å². The standard InChI is InChI=1S/C26H12F5N5O3/c1-12-3-4-14(7-17(12)27)20-22(37-24(35-20)13(2)9-32)23-21(36-25(38-23)16(10-33)11-34)15-5-6-19(18(28)8-15)39-26(29,30)31/h3-8H,1-2H3/b23-22+,24-13-. The van der Waals surface area contributed by atoms with Gasteiger partial charge in [-0.05, 0) is 43.7 Å². The van der Waals surface area contributed by atoms with Crippen molar-refractivity contribution in [3.63, 3.8) is 0 Å². The molecule has 2 heterocycles. The molecule has 0 atom stereocenters. The van der Waals surface area contributed by atoms with Crippen molar-refractivity contribution in [3.05, 3.63) is 75.5 Å². The van der Waals surface area contributed by atoms with Gasteiger partial charge in [-0.2, -0.15) is 15.8 Å². The molecule has 0 spiro atoms. The first-order valence-electron chi connectivity index (χ1n) is 10.7. The van der Waals surface area contributed by atoms with Gasteiger partial charge in [0.2, 0.25) is 21.9 Å². The molecule has 2 aromatic heterocycles. The Labute approximate surface area is 215 Å². The van der Waals surface area contributed by atoms with E-state index in [-0.39, 0.29) is 44.5 Å². The number of ether oxygens (including phenoxy) is 1. The average Bonchev–Trinajstić information content (AvgIpc) is 3.52. The van der Waals surface area contributed by atoms with Gasteiger partial charge in [-0.1, -0.05) is 12.1 Å². The Morgan fingerprint density at radius 2 is 1.36 bits per heavy atom. The van der Waals surface area contributed by atoms with Crippen LogP contribution in [0.2, 0.25) is 0 Å². The lowest BCUT2D eigenvalue weighted by Crippen LogP contribution is -2.17. The molecule has 13 heteroatoms. The molecule has 4 rings (SSSR count). The molecule has 0 saturated heterocycles. The Bertz CT molecular complexity index is 1960. The monoisotopic (exact) mass is 537 g/mol. The molecule has 0 amide bonds. The summed E-state index contributed by atoms with van der Waals surface area (Å²) in [6.07, 6.45) is -5.15. The Balaban J connectivity index is 2.18. The molecular formula is C26H12F5N5O3. The number of hydrogen-bond acceptors (Lipinski definition) is 8. The number of aryl methyl sites for hydroxylation is 1. The van der Waals surface area contributed by atoms with E-state index in [1.807, 2.05) is 6.07 Å². The first kappa shape index (κ1) is 26.6. The summed E-state index contributed by atoms with van der Waals surface area (Å²) in [7, 11) is 0. The second-order valence-electron chi connectivity index (χ2n) is 7.89. The van der Waals surface area contributed by atoms with Gasteiger partial charge >= 0.3 is 6.36 Å². The van der Waals surface area contributed by atoms with Gasteiger partial charge in [-0.3, -0.25) is 0 Å². The summed E-state index contributed by atoms with van der Waals surface area (Å²) in [5.41, 5.74) is -1.74. The van der Waals surface area contributed by atoms with Crippen LogP contribution in [0.15, 0.2) is 45.2 Å². The second kappa shape index (κ2) is 10.1. The number of nitriles is 3. The van der Waals surface area contributed by atoms with Gasteiger partial charge in [-0.25, -0.2) is 18.7 Å². The molecule has 0 aliphatic carbocycles. The molecule has 0 radical (unpaired) electrons. The third-order valence-electron chi connectivity index (χ3n) is 5.26. The largest absolute Gasteiger partial charge is 0.573 e. The fourth-order valence-corrected chi connectivity index (χ4v) is 3.37. The van der Waals surface area contributed by atoms with Crippen molar-refractivity contribution in [1.29, 1.82) is 15.8 Å². The summed E-state index contributed by atoms with van der Waals surface area (Å²) in [6.45, 7) is 2.93. The molecule has 2 aromatic carbocycles. The maximum Gasteiger partial charge on any atom is 0.573 e. The molecule has 39 heavy (non-hydrogen) atoms. The molecular weight excluding hydrogens is 525 g/mol. The summed E-state index contributed by atoms with van der Waals surface area (Å²) >= 11 is 0. The normalized spacial score (nSPS) is 12.7. The van der Waals surface area contributed by atoms with Gasteiger partial charge < -0.3 is 13.6 Å². The van der Waals surface area contributed by atoms with Crippen LogP contribution in [-0.4, -0.2) is 16.3 Å². The molecule has 0 saturated carbocycles. The summed E-state index contributed by atoms with van der Waals surface area (Å²) in [4.78, 5) is 8.34. The zero-order valence-electron chi connectivity index (χ0n) is 19.8. The van der Waals surface area contributed by atoms with Crippen LogP contribution in [-0.2, 0) is 0 Å². The Morgan fingerprint density at radius 3 is 1.87 bits per heavy atom. The Hall–Kier alpha value is -5.48. The van der Waals surface area contributed by atoms with Crippen LogP contribution in [0.25, 0.3) is 33.7 Å². The van der Waals surface area contributed by atoms with E-state index in [0.717, 1.165) is 12.1 Å². The van der Waals surface area contributed by atoms with E-state index in [2.05, 4.69) is 14.7 Å². The lowest BCUT2D eigenvalue weighted by Gasteiger charge is -2.09. The minimum Gasteiger partial charge on any atom is -0.432 e. The van der Waals surface area contributed by atoms with Crippen molar-refractivity contribution in [2.75, 3.05) is 0 Å². The van der Waals surface area contributed by atoms with Crippen LogP contribution in [0.4, 0.5) is 22.0 Å². The number of benzene rings is 2. The van der Waals surface area contributed by atoms with Crippen molar-refractivity contribution in [3.8, 4) is 46.5 Å². The third-order valence-corrected chi connectivity index (χ3v) is 5.26. The van der Waals surface area contributed by atoms with E-state index in [4.69, 9.17) is 8.83 Å². The van der Waals surface area contributed by atoms with E-state index in [0.29, 0.717) is 17.7 Å². The smallest absolute Gasteiger partial charge is 0.432 e. The molecule has 4 aromatic rings. The van der Waals surface area contributed by atoms with Crippen LogP contribution in [0.5, 0.6) is 5.75 Å². The van der Waals surface area contributed by atoms with E-state index in [1.165, 1.54) is 26.0 Å². The second-order valence-corrected chi connectivity index (χ2v) is 7.89. The van der Waals surface area contributed by atoms with Crippen molar-refractivity contribution in [2.24, 2.45) is 0 Å². The lowest BCUT2D eigenvalue weighted by atomic mass is 10.1. The van der Waals surface area contributed by atoms with Crippen LogP contribution >= 0.6 is 0 Å². The Kier molecular flexibility index (Phi) is 6.89. The number of alkyl halides is 3. The minimum atomic E-state index is -5.15. The van der Waals surface area contributed by atoms with Gasteiger partial charge in [0, 0.05) is 11.1 Å². The van der Waals surface area contributed by atoms with E-state index in [9.17, 15) is 37.7 Å². The number of rotatable bonds is 3. The molecule has 194 valence electrons. The minimum absolute atomic E-state index is 0.0253. The summed E-state index contributed by atoms with van der Waals surface area (Å²) in [6, 6.07) is 11.5. The fraction of sp³-hybridized carbons (Fsp3) is 0.115. The average molecular weight is 537 g/mol. The van der Waals surface area contributed by atoms with Crippen molar-refractivity contribution in [2.45, 2.75) is 20.2 Å². The van der Waals surface area contributed by atoms with Gasteiger partial charge in [0.15, 0.2) is 17.1 Å². The Morgan fingerprint density at radius 1 is 0.821 bits per heavy atom. The summed E-state index contributed by atoms with van der Waals surface area (Å²) < 4.78 is 81.8. The number of nitrogens with zero attached hydrogens (tertiary/aromatic N) is 5. The fourth-order valence-electron chi connectivity index (χ4n) is 3.37. The van der Waals surface area contributed by atoms with Crippen LogP contribution < -0.4 is 15.8 Å². The van der Waals surface area contributed by atoms with Crippen LogP contribution in [0.3, 0.4) is 0 Å². The van der Waals surface area contributed by atoms with E-state index < -0.39 is 34.9 Å². The number of halogens is 5. The zero-order chi connectivity index (χ0) is 28.5. The van der Waals surface area contributed by atoms with Crippen molar-refractivity contribution in [1.82, 2.24) is 9.97 Å². The number of oxazole rings is 2. The predicted molar refractivity (Wildman–Crippen MR) is 121 cm³/mol. The first-order chi connectivity index (χ1) is 18.4. The molecule has 0 bridgehead atoms. The van der Waals surface area contributed by atoms with Crippen LogP contribution in [0, 0.1) is 63.4 Å². The number of hydrogen-bond donors (Lipinski definition) is 0. The van der Waals surface area contributed by atoms with Crippen LogP contribution in [0.1, 0.15) is 12.5 Å². The maximum atomic E-state index is 14.6. The van der Waals surface area contributed by atoms with Gasteiger partial charge in [0.1, 0.15) is 35.4 Å². The van der Waals surface area contributed by atoms with Gasteiger partial charge in [-0.15, -0.1) is 13.2 Å².